The van der Waals surface area contributed by atoms with E-state index >= 15 is 0 Å². The molecule has 0 bridgehead atoms. The molecule has 0 unspecified atom stereocenters. The van der Waals surface area contributed by atoms with E-state index in [1.54, 1.807) is 0 Å². The van der Waals surface area contributed by atoms with E-state index in [0.717, 1.165) is 11.5 Å². The Morgan fingerprint density at radius 2 is 1.81 bits per heavy atom. The molecule has 0 amide bonds. The van der Waals surface area contributed by atoms with Crippen molar-refractivity contribution in [3.8, 4) is 11.3 Å². The summed E-state index contributed by atoms with van der Waals surface area (Å²) in [5.41, 5.74) is 3.83. The minimum absolute atomic E-state index is 0.826. The van der Waals surface area contributed by atoms with Crippen LogP contribution in [0.5, 0.6) is 0 Å². The Hall–Kier alpha value is 0.0931. The molecule has 1 aromatic carbocycles. The van der Waals surface area contributed by atoms with Crippen LogP contribution in [0.3, 0.4) is 0 Å². The summed E-state index contributed by atoms with van der Waals surface area (Å²) in [5.74, 6) is 1.93. The molecule has 2 rings (SSSR count). The zero-order chi connectivity index (χ0) is 12.1. The van der Waals surface area contributed by atoms with Gasteiger partial charge in [0.05, 0.1) is 5.76 Å². The number of hydrogen-bond acceptors (Lipinski definition) is 1. The van der Waals surface area contributed by atoms with Crippen LogP contribution in [-0.2, 0) is 20.8 Å². The Labute approximate surface area is 115 Å². The van der Waals surface area contributed by atoms with Gasteiger partial charge in [-0.25, -0.2) is 0 Å². The molecule has 0 N–H and O–H groups in total. The van der Waals surface area contributed by atoms with E-state index < -0.39 is 20.8 Å². The van der Waals surface area contributed by atoms with Gasteiger partial charge in [0.25, 0.3) is 0 Å². The predicted octanol–water partition coefficient (Wildman–Crippen LogP) is 4.97. The fourth-order valence-corrected chi connectivity index (χ4v) is 1.47. The standard InChI is InChI=1S/C12H13O.2ClH.Zr/c1-8-6-11(7-9(8)2)12-5-4-10(3)13-12;;;/h4-7H,1-3H3;2*1H;/q-1;;;+2/p-2. The summed E-state index contributed by atoms with van der Waals surface area (Å²) >= 11 is -0.826. The van der Waals surface area contributed by atoms with Gasteiger partial charge in [-0.3, -0.25) is 0 Å². The van der Waals surface area contributed by atoms with E-state index in [0.29, 0.717) is 0 Å². The van der Waals surface area contributed by atoms with Gasteiger partial charge in [-0.15, -0.1) is 17.2 Å². The van der Waals surface area contributed by atoms with Crippen molar-refractivity contribution in [2.75, 3.05) is 0 Å². The van der Waals surface area contributed by atoms with Gasteiger partial charge in [0.15, 0.2) is 0 Å². The van der Waals surface area contributed by atoms with Crippen LogP contribution in [0.25, 0.3) is 11.3 Å². The van der Waals surface area contributed by atoms with Gasteiger partial charge < -0.3 is 4.42 Å². The molecule has 0 aliphatic heterocycles. The van der Waals surface area contributed by atoms with Crippen LogP contribution < -0.4 is 0 Å². The SMILES string of the molecule is Cc1ccc(-c2cc(C)c(C)[cH-]2)o1.[Cl][Zr][Cl]. The monoisotopic (exact) mass is 333 g/mol. The molecule has 0 radical (unpaired) electrons. The first-order valence-corrected chi connectivity index (χ1v) is 11.2. The zero-order valence-electron chi connectivity index (χ0n) is 9.47. The molecule has 0 fully saturated rings. The van der Waals surface area contributed by atoms with Crippen LogP contribution in [-0.4, -0.2) is 0 Å². The van der Waals surface area contributed by atoms with Gasteiger partial charge in [-0.2, -0.15) is 11.6 Å². The first-order chi connectivity index (χ1) is 7.58. The van der Waals surface area contributed by atoms with Crippen LogP contribution >= 0.6 is 17.0 Å². The summed E-state index contributed by atoms with van der Waals surface area (Å²) in [7, 11) is 9.87. The maximum absolute atomic E-state index is 5.54. The second-order valence-corrected chi connectivity index (χ2v) is 7.32. The Balaban J connectivity index is 0.000000386. The molecule has 1 aromatic heterocycles. The Morgan fingerprint density at radius 3 is 2.19 bits per heavy atom. The molecule has 1 nitrogen and oxygen atoms in total. The van der Waals surface area contributed by atoms with Gasteiger partial charge in [0, 0.05) is 5.76 Å². The Kier molecular flexibility index (Phi) is 5.96. The van der Waals surface area contributed by atoms with Gasteiger partial charge in [-0.05, 0) is 13.0 Å². The summed E-state index contributed by atoms with van der Waals surface area (Å²) in [5, 5.41) is 0. The van der Waals surface area contributed by atoms with Gasteiger partial charge in [0.1, 0.15) is 0 Å². The maximum atomic E-state index is 5.54. The van der Waals surface area contributed by atoms with E-state index in [1.165, 1.54) is 16.7 Å². The molecule has 86 valence electrons. The molecule has 1 heterocycles. The van der Waals surface area contributed by atoms with Crippen molar-refractivity contribution in [1.82, 2.24) is 0 Å². The fraction of sp³-hybridized carbons (Fsp3) is 0.250. The molecule has 0 saturated carbocycles. The van der Waals surface area contributed by atoms with Gasteiger partial charge in [-0.1, -0.05) is 19.9 Å². The van der Waals surface area contributed by atoms with Crippen molar-refractivity contribution in [2.45, 2.75) is 20.8 Å². The molecular weight excluding hydrogens is 322 g/mol. The van der Waals surface area contributed by atoms with Gasteiger partial charge >= 0.3 is 37.9 Å². The third kappa shape index (κ3) is 3.84. The number of aryl methyl sites for hydroxylation is 3. The summed E-state index contributed by atoms with van der Waals surface area (Å²) in [4.78, 5) is 0. The third-order valence-electron chi connectivity index (χ3n) is 2.39. The summed E-state index contributed by atoms with van der Waals surface area (Å²) < 4.78 is 5.54. The summed E-state index contributed by atoms with van der Waals surface area (Å²) in [6.45, 7) is 6.20. The van der Waals surface area contributed by atoms with Gasteiger partial charge in [0.2, 0.25) is 0 Å². The van der Waals surface area contributed by atoms with Crippen molar-refractivity contribution < 1.29 is 25.3 Å². The number of furan rings is 1. The first-order valence-electron chi connectivity index (χ1n) is 4.85. The predicted molar refractivity (Wildman–Crippen MR) is 65.7 cm³/mol. The second-order valence-electron chi connectivity index (χ2n) is 3.59. The van der Waals surface area contributed by atoms with E-state index in [4.69, 9.17) is 21.4 Å². The van der Waals surface area contributed by atoms with Crippen LogP contribution in [0.1, 0.15) is 16.9 Å². The van der Waals surface area contributed by atoms with Crippen LogP contribution in [0.15, 0.2) is 28.7 Å². The number of hydrogen-bond donors (Lipinski definition) is 0. The topological polar surface area (TPSA) is 13.1 Å². The van der Waals surface area contributed by atoms with Crippen molar-refractivity contribution in [3.63, 3.8) is 0 Å². The normalized spacial score (nSPS) is 9.56. The van der Waals surface area contributed by atoms with E-state index in [1.807, 2.05) is 19.1 Å². The molecule has 0 saturated heterocycles. The second kappa shape index (κ2) is 6.74. The molecule has 0 spiro atoms. The molecular formula is C12H13Cl2OZr-. The molecule has 16 heavy (non-hydrogen) atoms. The van der Waals surface area contributed by atoms with Crippen LogP contribution in [0.4, 0.5) is 0 Å². The Bertz CT molecular complexity index is 426. The summed E-state index contributed by atoms with van der Waals surface area (Å²) in [6.07, 6.45) is 0. The molecule has 2 aromatic rings. The van der Waals surface area contributed by atoms with E-state index in [9.17, 15) is 0 Å². The molecule has 0 aliphatic carbocycles. The van der Waals surface area contributed by atoms with E-state index in [2.05, 4.69) is 26.0 Å². The van der Waals surface area contributed by atoms with Crippen LogP contribution in [0.2, 0.25) is 0 Å². The third-order valence-corrected chi connectivity index (χ3v) is 2.39. The average Bonchev–Trinajstić information content (AvgIpc) is 2.76. The molecule has 4 heteroatoms. The fourth-order valence-electron chi connectivity index (χ4n) is 1.47. The first kappa shape index (κ1) is 14.2. The van der Waals surface area contributed by atoms with Crippen LogP contribution in [0, 0.1) is 20.8 Å². The molecule has 0 aliphatic rings. The minimum atomic E-state index is -0.826. The Morgan fingerprint density at radius 1 is 1.19 bits per heavy atom. The van der Waals surface area contributed by atoms with E-state index in [-0.39, 0.29) is 0 Å². The van der Waals surface area contributed by atoms with Crippen molar-refractivity contribution >= 4 is 17.0 Å². The number of halogens is 2. The molecule has 0 atom stereocenters. The zero-order valence-corrected chi connectivity index (χ0v) is 13.4. The quantitative estimate of drug-likeness (QED) is 0.671. The van der Waals surface area contributed by atoms with Crippen molar-refractivity contribution in [3.05, 3.63) is 41.2 Å². The van der Waals surface area contributed by atoms with Crippen molar-refractivity contribution in [1.29, 1.82) is 0 Å². The number of rotatable bonds is 1. The summed E-state index contributed by atoms with van der Waals surface area (Å²) in [6, 6.07) is 8.33. The average molecular weight is 335 g/mol. The van der Waals surface area contributed by atoms with Crippen molar-refractivity contribution in [2.24, 2.45) is 0 Å².